The molecule has 0 heterocycles. The van der Waals surface area contributed by atoms with Gasteiger partial charge in [0.05, 0.1) is 14.2 Å². The Bertz CT molecular complexity index is 631. The largest absolute Gasteiger partial charge is 0.504 e. The number of hydrogen-bond donors (Lipinski definition) is 4. The lowest BCUT2D eigenvalue weighted by atomic mass is 10.3. The van der Waals surface area contributed by atoms with Crippen molar-refractivity contribution in [2.75, 3.05) is 14.2 Å². The van der Waals surface area contributed by atoms with Crippen LogP contribution in [0.25, 0.3) is 0 Å². The number of methoxy groups -OCH3 is 2. The van der Waals surface area contributed by atoms with Crippen LogP contribution in [0.5, 0.6) is 23.0 Å². The van der Waals surface area contributed by atoms with Crippen LogP contribution in [-0.4, -0.2) is 42.0 Å². The van der Waals surface area contributed by atoms with Crippen LogP contribution < -0.4 is 9.47 Å². The van der Waals surface area contributed by atoms with Crippen molar-refractivity contribution in [1.29, 1.82) is 0 Å². The molecule has 23 heavy (non-hydrogen) atoms. The lowest BCUT2D eigenvalue weighted by Gasteiger charge is -1.99. The average molecular weight is 346 g/mol. The molecule has 0 aliphatic rings. The molecule has 0 spiro atoms. The van der Waals surface area contributed by atoms with Gasteiger partial charge in [0.25, 0.3) is 0 Å². The van der Waals surface area contributed by atoms with Gasteiger partial charge < -0.3 is 19.7 Å². The van der Waals surface area contributed by atoms with Gasteiger partial charge in [-0.25, -0.2) is 0 Å². The third kappa shape index (κ3) is 10.8. The Balaban J connectivity index is 0.000000332. The number of phenolic OH excluding ortho intramolecular Hbond substituents is 2. The van der Waals surface area contributed by atoms with E-state index in [1.807, 2.05) is 0 Å². The fourth-order valence-electron chi connectivity index (χ4n) is 1.26. The smallest absolute Gasteiger partial charge is 0.394 e. The van der Waals surface area contributed by atoms with Crippen LogP contribution in [0, 0.1) is 0 Å². The highest BCUT2D eigenvalue weighted by Crippen LogP contribution is 2.23. The minimum absolute atomic E-state index is 0.181. The summed E-state index contributed by atoms with van der Waals surface area (Å²) in [5, 5.41) is 18.0. The molecule has 0 saturated heterocycles. The third-order valence-electron chi connectivity index (χ3n) is 2.17. The predicted molar refractivity (Wildman–Crippen MR) is 83.5 cm³/mol. The number of benzene rings is 2. The van der Waals surface area contributed by atoms with Gasteiger partial charge in [-0.2, -0.15) is 8.42 Å². The fraction of sp³-hybridized carbons (Fsp3) is 0.143. The average Bonchev–Trinajstić information content (AvgIpc) is 2.47. The first-order chi connectivity index (χ1) is 10.7. The van der Waals surface area contributed by atoms with E-state index in [4.69, 9.17) is 37.2 Å². The number of para-hydroxylation sites is 4. The van der Waals surface area contributed by atoms with Gasteiger partial charge in [0.15, 0.2) is 23.0 Å². The maximum Gasteiger partial charge on any atom is 0.394 e. The van der Waals surface area contributed by atoms with Crippen molar-refractivity contribution in [3.8, 4) is 23.0 Å². The van der Waals surface area contributed by atoms with Crippen LogP contribution in [0.2, 0.25) is 0 Å². The standard InChI is InChI=1S/2C7H8O2.H2O4S/c2*1-9-7-5-3-2-4-6(7)8;1-5(2,3)4/h2*2-5,8H,1H3;(H2,1,2,3,4). The van der Waals surface area contributed by atoms with Crippen LogP contribution in [-0.2, 0) is 10.4 Å². The molecule has 4 N–H and O–H groups in total. The summed E-state index contributed by atoms with van der Waals surface area (Å²) in [6.07, 6.45) is 0. The van der Waals surface area contributed by atoms with Gasteiger partial charge in [0, 0.05) is 0 Å². The highest BCUT2D eigenvalue weighted by Gasteiger charge is 1.94. The summed E-state index contributed by atoms with van der Waals surface area (Å²) in [6, 6.07) is 13.7. The molecule has 0 amide bonds. The SMILES string of the molecule is COc1ccccc1O.COc1ccccc1O.O=S(=O)(O)O. The van der Waals surface area contributed by atoms with Gasteiger partial charge in [-0.3, -0.25) is 9.11 Å². The number of rotatable bonds is 2. The normalized spacial score (nSPS) is 9.57. The molecule has 2 aromatic carbocycles. The molecule has 0 fully saturated rings. The molecule has 0 radical (unpaired) electrons. The lowest BCUT2D eigenvalue weighted by Crippen LogP contribution is -1.89. The van der Waals surface area contributed by atoms with Crippen molar-refractivity contribution in [2.24, 2.45) is 0 Å². The first-order valence-electron chi connectivity index (χ1n) is 6.03. The molecule has 128 valence electrons. The Hall–Kier alpha value is -2.49. The molecule has 0 bridgehead atoms. The van der Waals surface area contributed by atoms with Gasteiger partial charge >= 0.3 is 10.4 Å². The molecule has 0 aliphatic carbocycles. The van der Waals surface area contributed by atoms with Crippen molar-refractivity contribution in [2.45, 2.75) is 0 Å². The van der Waals surface area contributed by atoms with E-state index in [2.05, 4.69) is 0 Å². The summed E-state index contributed by atoms with van der Waals surface area (Å²) in [4.78, 5) is 0. The molecule has 0 aromatic heterocycles. The van der Waals surface area contributed by atoms with Gasteiger partial charge in [0.1, 0.15) is 0 Å². The third-order valence-corrected chi connectivity index (χ3v) is 2.17. The van der Waals surface area contributed by atoms with Crippen molar-refractivity contribution in [3.05, 3.63) is 48.5 Å². The van der Waals surface area contributed by atoms with E-state index in [0.29, 0.717) is 11.5 Å². The summed E-state index contributed by atoms with van der Waals surface area (Å²) in [5.41, 5.74) is 0. The number of aromatic hydroxyl groups is 2. The maximum atomic E-state index is 8.99. The van der Waals surface area contributed by atoms with Crippen LogP contribution in [0.1, 0.15) is 0 Å². The second-order valence-corrected chi connectivity index (χ2v) is 4.69. The zero-order valence-corrected chi connectivity index (χ0v) is 13.3. The van der Waals surface area contributed by atoms with Crippen LogP contribution in [0.3, 0.4) is 0 Å². The van der Waals surface area contributed by atoms with Gasteiger partial charge in [-0.15, -0.1) is 0 Å². The topological polar surface area (TPSA) is 134 Å². The summed E-state index contributed by atoms with van der Waals surface area (Å²) in [7, 11) is -1.62. The highest BCUT2D eigenvalue weighted by molar-refractivity contribution is 7.79. The second kappa shape index (κ2) is 10.3. The first kappa shape index (κ1) is 20.5. The second-order valence-electron chi connectivity index (χ2n) is 3.79. The lowest BCUT2D eigenvalue weighted by molar-refractivity contribution is 0.373. The summed E-state index contributed by atoms with van der Waals surface area (Å²) >= 11 is 0. The first-order valence-corrected chi connectivity index (χ1v) is 7.42. The Kier molecular flexibility index (Phi) is 9.16. The fourth-order valence-corrected chi connectivity index (χ4v) is 1.26. The van der Waals surface area contributed by atoms with Crippen molar-refractivity contribution in [3.63, 3.8) is 0 Å². The Morgan fingerprint density at radius 2 is 1.00 bits per heavy atom. The molecule has 8 nitrogen and oxygen atoms in total. The molecule has 0 atom stereocenters. The molecular weight excluding hydrogens is 328 g/mol. The highest BCUT2D eigenvalue weighted by atomic mass is 32.3. The quantitative estimate of drug-likeness (QED) is 0.608. The zero-order chi connectivity index (χ0) is 17.9. The zero-order valence-electron chi connectivity index (χ0n) is 12.4. The van der Waals surface area contributed by atoms with E-state index in [1.54, 1.807) is 48.5 Å². The molecule has 2 aromatic rings. The van der Waals surface area contributed by atoms with Gasteiger partial charge in [0.2, 0.25) is 0 Å². The minimum atomic E-state index is -4.67. The summed E-state index contributed by atoms with van der Waals surface area (Å²) < 4.78 is 41.2. The predicted octanol–water partition coefficient (Wildman–Crippen LogP) is 2.15. The van der Waals surface area contributed by atoms with Crippen molar-refractivity contribution < 1.29 is 37.2 Å². The monoisotopic (exact) mass is 346 g/mol. The molecule has 0 unspecified atom stereocenters. The van der Waals surface area contributed by atoms with E-state index in [-0.39, 0.29) is 11.5 Å². The van der Waals surface area contributed by atoms with E-state index in [0.717, 1.165) is 0 Å². The van der Waals surface area contributed by atoms with E-state index < -0.39 is 10.4 Å². The summed E-state index contributed by atoms with van der Waals surface area (Å²) in [5.74, 6) is 1.38. The number of phenols is 2. The van der Waals surface area contributed by atoms with Crippen LogP contribution in [0.4, 0.5) is 0 Å². The Morgan fingerprint density at radius 1 is 0.739 bits per heavy atom. The Labute approximate surface area is 134 Å². The van der Waals surface area contributed by atoms with Gasteiger partial charge in [-0.1, -0.05) is 24.3 Å². The molecule has 0 saturated carbocycles. The number of ether oxygens (including phenoxy) is 2. The molecular formula is C14H18O8S. The van der Waals surface area contributed by atoms with Crippen LogP contribution in [0.15, 0.2) is 48.5 Å². The molecule has 2 rings (SSSR count). The Morgan fingerprint density at radius 3 is 1.17 bits per heavy atom. The van der Waals surface area contributed by atoms with Crippen LogP contribution >= 0.6 is 0 Å². The number of hydrogen-bond acceptors (Lipinski definition) is 6. The molecule has 9 heteroatoms. The van der Waals surface area contributed by atoms with E-state index >= 15 is 0 Å². The van der Waals surface area contributed by atoms with Gasteiger partial charge in [-0.05, 0) is 24.3 Å². The van der Waals surface area contributed by atoms with Crippen molar-refractivity contribution >= 4 is 10.4 Å². The maximum absolute atomic E-state index is 8.99. The van der Waals surface area contributed by atoms with E-state index in [1.165, 1.54) is 14.2 Å². The molecule has 0 aliphatic heterocycles. The van der Waals surface area contributed by atoms with Crippen molar-refractivity contribution in [1.82, 2.24) is 0 Å². The van der Waals surface area contributed by atoms with E-state index in [9.17, 15) is 0 Å². The minimum Gasteiger partial charge on any atom is -0.504 e. The summed E-state index contributed by atoms with van der Waals surface area (Å²) in [6.45, 7) is 0.